The van der Waals surface area contributed by atoms with Crippen LogP contribution in [0.5, 0.6) is 0 Å². The van der Waals surface area contributed by atoms with Gasteiger partial charge in [-0.25, -0.2) is 23.1 Å². The third kappa shape index (κ3) is 3.98. The van der Waals surface area contributed by atoms with Crippen LogP contribution in [0.25, 0.3) is 33.5 Å². The second kappa shape index (κ2) is 8.17. The minimum Gasteiger partial charge on any atom is -0.352 e. The summed E-state index contributed by atoms with van der Waals surface area (Å²) in [5.41, 5.74) is 2.71. The number of nitrogens with one attached hydrogen (secondary N) is 2. The van der Waals surface area contributed by atoms with E-state index in [1.165, 1.54) is 38.4 Å². The van der Waals surface area contributed by atoms with Gasteiger partial charge < -0.3 is 10.3 Å². The molecule has 158 valence electrons. The van der Waals surface area contributed by atoms with Crippen molar-refractivity contribution in [2.24, 2.45) is 0 Å². The maximum atomic E-state index is 14.3. The fraction of sp³-hybridized carbons (Fsp3) is 0.182. The van der Waals surface area contributed by atoms with Gasteiger partial charge in [0, 0.05) is 30.4 Å². The zero-order valence-electron chi connectivity index (χ0n) is 16.7. The molecule has 0 saturated carbocycles. The van der Waals surface area contributed by atoms with Crippen LogP contribution < -0.4 is 5.32 Å². The molecule has 4 aromatic heterocycles. The lowest BCUT2D eigenvalue weighted by atomic mass is 10.0. The van der Waals surface area contributed by atoms with E-state index in [1.54, 1.807) is 24.3 Å². The Kier molecular flexibility index (Phi) is 5.41. The number of fused-ring (bicyclic) bond motifs is 1. The van der Waals surface area contributed by atoms with Crippen LogP contribution in [-0.4, -0.2) is 25.8 Å². The summed E-state index contributed by atoms with van der Waals surface area (Å²) in [6, 6.07) is 9.21. The van der Waals surface area contributed by atoms with Gasteiger partial charge in [-0.3, -0.25) is 9.78 Å². The van der Waals surface area contributed by atoms with E-state index in [4.69, 9.17) is 0 Å². The van der Waals surface area contributed by atoms with Crippen LogP contribution in [0.4, 0.5) is 19.0 Å². The molecule has 4 rings (SSSR count). The Morgan fingerprint density at radius 1 is 1.10 bits per heavy atom. The van der Waals surface area contributed by atoms with Crippen molar-refractivity contribution in [1.82, 2.24) is 19.9 Å². The molecule has 0 fully saturated rings. The van der Waals surface area contributed by atoms with Gasteiger partial charge in [0.2, 0.25) is 5.91 Å². The van der Waals surface area contributed by atoms with Gasteiger partial charge in [0.25, 0.3) is 6.43 Å². The number of alkyl halides is 3. The lowest BCUT2D eigenvalue weighted by molar-refractivity contribution is -0.114. The van der Waals surface area contributed by atoms with Crippen molar-refractivity contribution in [2.45, 2.75) is 26.4 Å². The van der Waals surface area contributed by atoms with Gasteiger partial charge in [0.1, 0.15) is 17.7 Å². The molecule has 0 aliphatic heterocycles. The van der Waals surface area contributed by atoms with Crippen LogP contribution in [0.2, 0.25) is 0 Å². The Balaban J connectivity index is 2.01. The maximum absolute atomic E-state index is 14.3. The number of aromatic nitrogens is 4. The highest BCUT2D eigenvalue weighted by Gasteiger charge is 2.22. The second-order valence-corrected chi connectivity index (χ2v) is 6.97. The molecule has 6 nitrogen and oxygen atoms in total. The number of halogens is 3. The fourth-order valence-corrected chi connectivity index (χ4v) is 3.45. The van der Waals surface area contributed by atoms with Crippen molar-refractivity contribution in [3.8, 4) is 22.5 Å². The minimum absolute atomic E-state index is 0.271. The summed E-state index contributed by atoms with van der Waals surface area (Å²) in [7, 11) is 0. The van der Waals surface area contributed by atoms with E-state index < -0.39 is 12.6 Å². The predicted molar refractivity (Wildman–Crippen MR) is 111 cm³/mol. The molecule has 4 aromatic rings. The smallest absolute Gasteiger partial charge is 0.280 e. The quantitative estimate of drug-likeness (QED) is 0.435. The van der Waals surface area contributed by atoms with Gasteiger partial charge in [-0.05, 0) is 37.3 Å². The van der Waals surface area contributed by atoms with E-state index in [0.717, 1.165) is 0 Å². The minimum atomic E-state index is -2.74. The van der Waals surface area contributed by atoms with Gasteiger partial charge in [-0.2, -0.15) is 0 Å². The van der Waals surface area contributed by atoms with Gasteiger partial charge in [0.05, 0.1) is 28.0 Å². The predicted octanol–water partition coefficient (Wildman–Crippen LogP) is 5.61. The van der Waals surface area contributed by atoms with E-state index in [1.807, 2.05) is 0 Å². The molecule has 1 atom stereocenters. The largest absolute Gasteiger partial charge is 0.352 e. The molecule has 4 heterocycles. The highest BCUT2D eigenvalue weighted by Crippen LogP contribution is 2.39. The molecule has 1 amide bonds. The Hall–Kier alpha value is -3.75. The molecule has 9 heteroatoms. The van der Waals surface area contributed by atoms with Crippen molar-refractivity contribution in [3.05, 3.63) is 60.0 Å². The van der Waals surface area contributed by atoms with Crippen molar-refractivity contribution in [3.63, 3.8) is 0 Å². The first-order valence-corrected chi connectivity index (χ1v) is 9.49. The number of anilines is 1. The first-order chi connectivity index (χ1) is 14.8. The first-order valence-electron chi connectivity index (χ1n) is 9.49. The first kappa shape index (κ1) is 20.5. The molecule has 0 radical (unpaired) electrons. The standard InChI is InChI=1S/C22H18F3N5O/c1-11(23)14-7-9-27-21-18(15-4-3-5-16(29-15)22(24)25)19(30-20(14)21)13-6-8-26-17(10-13)28-12(2)31/h3-11,22,30H,1-2H3,(H,26,28,31). The number of nitrogens with zero attached hydrogens (tertiary/aromatic N) is 3. The van der Waals surface area contributed by atoms with Gasteiger partial charge >= 0.3 is 0 Å². The number of amides is 1. The molecule has 0 aromatic carbocycles. The van der Waals surface area contributed by atoms with E-state index in [-0.39, 0.29) is 17.3 Å². The van der Waals surface area contributed by atoms with E-state index >= 15 is 0 Å². The summed E-state index contributed by atoms with van der Waals surface area (Å²) in [5.74, 6) is 0.0268. The van der Waals surface area contributed by atoms with Gasteiger partial charge in [-0.15, -0.1) is 0 Å². The van der Waals surface area contributed by atoms with Crippen LogP contribution in [0.1, 0.15) is 37.7 Å². The summed E-state index contributed by atoms with van der Waals surface area (Å²) in [5, 5.41) is 2.61. The van der Waals surface area contributed by atoms with E-state index in [9.17, 15) is 18.0 Å². The average molecular weight is 425 g/mol. The molecule has 2 N–H and O–H groups in total. The number of H-pyrrole nitrogens is 1. The van der Waals surface area contributed by atoms with Gasteiger partial charge in [-0.1, -0.05) is 6.07 Å². The van der Waals surface area contributed by atoms with Crippen molar-refractivity contribution in [1.29, 1.82) is 0 Å². The Bertz CT molecular complexity index is 1270. The number of hydrogen-bond acceptors (Lipinski definition) is 4. The highest BCUT2D eigenvalue weighted by atomic mass is 19.3. The monoisotopic (exact) mass is 425 g/mol. The number of carbonyl (C=O) groups excluding carboxylic acids is 1. The molecule has 0 saturated heterocycles. The normalized spacial score (nSPS) is 12.3. The molecule has 0 aliphatic rings. The summed E-state index contributed by atoms with van der Waals surface area (Å²) >= 11 is 0. The maximum Gasteiger partial charge on any atom is 0.280 e. The molecular weight excluding hydrogens is 407 g/mol. The summed E-state index contributed by atoms with van der Waals surface area (Å²) in [4.78, 5) is 27.2. The number of carbonyl (C=O) groups is 1. The second-order valence-electron chi connectivity index (χ2n) is 6.97. The third-order valence-electron chi connectivity index (χ3n) is 4.75. The molecule has 0 spiro atoms. The Morgan fingerprint density at radius 3 is 2.58 bits per heavy atom. The van der Waals surface area contributed by atoms with Crippen LogP contribution in [0, 0.1) is 0 Å². The highest BCUT2D eigenvalue weighted by molar-refractivity contribution is 6.02. The number of aromatic amines is 1. The van der Waals surface area contributed by atoms with Crippen LogP contribution in [0.15, 0.2) is 48.8 Å². The summed E-state index contributed by atoms with van der Waals surface area (Å²) in [6.07, 6.45) is -1.04. The Morgan fingerprint density at radius 2 is 1.87 bits per heavy atom. The van der Waals surface area contributed by atoms with Gasteiger partial charge in [0.15, 0.2) is 0 Å². The fourth-order valence-electron chi connectivity index (χ4n) is 3.45. The van der Waals surface area contributed by atoms with Crippen LogP contribution >= 0.6 is 0 Å². The van der Waals surface area contributed by atoms with Crippen molar-refractivity contribution in [2.75, 3.05) is 5.32 Å². The molecule has 31 heavy (non-hydrogen) atoms. The van der Waals surface area contributed by atoms with E-state index in [2.05, 4.69) is 25.3 Å². The molecule has 1 unspecified atom stereocenters. The number of pyridine rings is 3. The van der Waals surface area contributed by atoms with Crippen molar-refractivity contribution >= 4 is 22.8 Å². The van der Waals surface area contributed by atoms with Crippen LogP contribution in [0.3, 0.4) is 0 Å². The van der Waals surface area contributed by atoms with E-state index in [0.29, 0.717) is 39.2 Å². The Labute approximate surface area is 175 Å². The molecular formula is C22H18F3N5O. The summed E-state index contributed by atoms with van der Waals surface area (Å²) < 4.78 is 40.8. The lowest BCUT2D eigenvalue weighted by Crippen LogP contribution is -2.07. The topological polar surface area (TPSA) is 83.6 Å². The number of hydrogen-bond donors (Lipinski definition) is 2. The summed E-state index contributed by atoms with van der Waals surface area (Å²) in [6.45, 7) is 2.77. The zero-order valence-corrected chi connectivity index (χ0v) is 16.7. The average Bonchev–Trinajstić information content (AvgIpc) is 3.13. The number of rotatable bonds is 5. The SMILES string of the molecule is CC(=O)Nc1cc(-c2[nH]c3c(C(C)F)ccnc3c2-c2cccc(C(F)F)n2)ccn1. The van der Waals surface area contributed by atoms with Crippen LogP contribution in [-0.2, 0) is 4.79 Å². The lowest BCUT2D eigenvalue weighted by Gasteiger charge is -2.08. The third-order valence-corrected chi connectivity index (χ3v) is 4.75. The zero-order chi connectivity index (χ0) is 22.1. The molecule has 0 bridgehead atoms. The molecule has 0 aliphatic carbocycles. The van der Waals surface area contributed by atoms with Crippen molar-refractivity contribution < 1.29 is 18.0 Å².